The molecule has 0 aliphatic heterocycles. The van der Waals surface area contributed by atoms with Crippen molar-refractivity contribution in [1.29, 1.82) is 0 Å². The maximum Gasteiger partial charge on any atom is 0.180 e. The van der Waals surface area contributed by atoms with Gasteiger partial charge >= 0.3 is 0 Å². The van der Waals surface area contributed by atoms with Crippen molar-refractivity contribution < 1.29 is 8.42 Å². The highest BCUT2D eigenvalue weighted by molar-refractivity contribution is 7.90. The van der Waals surface area contributed by atoms with Crippen molar-refractivity contribution in [1.82, 2.24) is 9.97 Å². The molecule has 0 bridgehead atoms. The SMILES string of the molecule is CS(=O)(=O)c1cncnc1NN. The van der Waals surface area contributed by atoms with Crippen LogP contribution in [0.15, 0.2) is 17.4 Å². The molecule has 3 N–H and O–H groups in total. The van der Waals surface area contributed by atoms with Crippen molar-refractivity contribution in [2.75, 3.05) is 11.7 Å². The Morgan fingerprint density at radius 3 is 2.67 bits per heavy atom. The molecule has 0 atom stereocenters. The highest BCUT2D eigenvalue weighted by Gasteiger charge is 2.13. The second kappa shape index (κ2) is 3.03. The number of nitrogen functional groups attached to an aromatic ring is 1. The molecule has 0 unspecified atom stereocenters. The molecule has 0 aliphatic rings. The Labute approximate surface area is 69.7 Å². The average molecular weight is 188 g/mol. The number of hydrogen-bond donors (Lipinski definition) is 2. The Hall–Kier alpha value is -1.21. The van der Waals surface area contributed by atoms with Gasteiger partial charge in [-0.25, -0.2) is 24.2 Å². The van der Waals surface area contributed by atoms with Crippen LogP contribution in [0.1, 0.15) is 0 Å². The summed E-state index contributed by atoms with van der Waals surface area (Å²) in [7, 11) is -3.31. The van der Waals surface area contributed by atoms with Crippen LogP contribution in [0.5, 0.6) is 0 Å². The van der Waals surface area contributed by atoms with Crippen LogP contribution in [0.25, 0.3) is 0 Å². The number of anilines is 1. The van der Waals surface area contributed by atoms with Gasteiger partial charge in [0.05, 0.1) is 6.20 Å². The van der Waals surface area contributed by atoms with E-state index in [0.29, 0.717) is 0 Å². The Morgan fingerprint density at radius 2 is 2.25 bits per heavy atom. The molecular formula is C5H8N4O2S. The van der Waals surface area contributed by atoms with Crippen LogP contribution >= 0.6 is 0 Å². The number of nitrogens with zero attached hydrogens (tertiary/aromatic N) is 2. The summed E-state index contributed by atoms with van der Waals surface area (Å²) >= 11 is 0. The summed E-state index contributed by atoms with van der Waals surface area (Å²) in [6, 6.07) is 0. The van der Waals surface area contributed by atoms with Crippen LogP contribution in [0.2, 0.25) is 0 Å². The number of hydrogen-bond acceptors (Lipinski definition) is 6. The molecule has 1 heterocycles. The zero-order valence-corrected chi connectivity index (χ0v) is 7.17. The number of aromatic nitrogens is 2. The number of sulfone groups is 1. The van der Waals surface area contributed by atoms with Crippen LogP contribution in [-0.2, 0) is 9.84 Å². The number of nitrogens with two attached hydrogens (primary N) is 1. The molecule has 0 amide bonds. The summed E-state index contributed by atoms with van der Waals surface area (Å²) in [4.78, 5) is 7.20. The Balaban J connectivity index is 3.33. The van der Waals surface area contributed by atoms with Crippen molar-refractivity contribution in [2.24, 2.45) is 5.84 Å². The van der Waals surface area contributed by atoms with E-state index in [1.54, 1.807) is 0 Å². The van der Waals surface area contributed by atoms with E-state index in [1.165, 1.54) is 12.5 Å². The van der Waals surface area contributed by atoms with Gasteiger partial charge in [-0.1, -0.05) is 0 Å². The lowest BCUT2D eigenvalue weighted by Crippen LogP contribution is -2.13. The van der Waals surface area contributed by atoms with E-state index in [0.717, 1.165) is 6.26 Å². The fraction of sp³-hybridized carbons (Fsp3) is 0.200. The number of nitrogens with one attached hydrogen (secondary N) is 1. The molecule has 1 rings (SSSR count). The van der Waals surface area contributed by atoms with Crippen LogP contribution < -0.4 is 11.3 Å². The number of hydrazine groups is 1. The third-order valence-corrected chi connectivity index (χ3v) is 2.31. The van der Waals surface area contributed by atoms with Crippen molar-refractivity contribution >= 4 is 15.7 Å². The molecule has 0 fully saturated rings. The molecule has 0 aliphatic carbocycles. The molecule has 1 aromatic heterocycles. The first-order valence-electron chi connectivity index (χ1n) is 3.02. The molecule has 66 valence electrons. The van der Waals surface area contributed by atoms with Gasteiger partial charge in [0.1, 0.15) is 11.2 Å². The minimum Gasteiger partial charge on any atom is -0.307 e. The fourth-order valence-corrected chi connectivity index (χ4v) is 1.41. The molecule has 0 aromatic carbocycles. The van der Waals surface area contributed by atoms with Gasteiger partial charge in [0.2, 0.25) is 0 Å². The van der Waals surface area contributed by atoms with Gasteiger partial charge in [0.25, 0.3) is 0 Å². The third kappa shape index (κ3) is 1.69. The lowest BCUT2D eigenvalue weighted by atomic mass is 10.6. The van der Waals surface area contributed by atoms with E-state index in [1.807, 2.05) is 0 Å². The summed E-state index contributed by atoms with van der Waals surface area (Å²) in [5.74, 6) is 5.15. The third-order valence-electron chi connectivity index (χ3n) is 1.21. The molecule has 7 heteroatoms. The number of rotatable bonds is 2. The summed E-state index contributed by atoms with van der Waals surface area (Å²) in [5.41, 5.74) is 2.17. The van der Waals surface area contributed by atoms with E-state index in [4.69, 9.17) is 5.84 Å². The Morgan fingerprint density at radius 1 is 1.58 bits per heavy atom. The van der Waals surface area contributed by atoms with Gasteiger partial charge in [-0.2, -0.15) is 0 Å². The molecule has 0 spiro atoms. The molecule has 0 radical (unpaired) electrons. The van der Waals surface area contributed by atoms with Gasteiger partial charge in [-0.05, 0) is 0 Å². The van der Waals surface area contributed by atoms with Crippen molar-refractivity contribution in [3.05, 3.63) is 12.5 Å². The van der Waals surface area contributed by atoms with Crippen LogP contribution in [0.4, 0.5) is 5.82 Å². The second-order valence-corrected chi connectivity index (χ2v) is 4.14. The normalized spacial score (nSPS) is 11.2. The molecule has 12 heavy (non-hydrogen) atoms. The van der Waals surface area contributed by atoms with Gasteiger partial charge in [0, 0.05) is 6.26 Å². The minimum atomic E-state index is -3.31. The molecule has 0 saturated carbocycles. The van der Waals surface area contributed by atoms with E-state index in [9.17, 15) is 8.42 Å². The molecule has 0 saturated heterocycles. The average Bonchev–Trinajstić information content (AvgIpc) is 2.03. The lowest BCUT2D eigenvalue weighted by Gasteiger charge is -2.02. The van der Waals surface area contributed by atoms with Crippen LogP contribution in [0.3, 0.4) is 0 Å². The quantitative estimate of drug-likeness (QED) is 0.464. The predicted octanol–water partition coefficient (Wildman–Crippen LogP) is -0.834. The zero-order chi connectivity index (χ0) is 9.19. The van der Waals surface area contributed by atoms with Gasteiger partial charge in [-0.15, -0.1) is 0 Å². The molecule has 1 aromatic rings. The van der Waals surface area contributed by atoms with Crippen molar-refractivity contribution in [3.63, 3.8) is 0 Å². The van der Waals surface area contributed by atoms with E-state index in [-0.39, 0.29) is 10.7 Å². The standard InChI is InChI=1S/C5H8N4O2S/c1-12(10,11)4-2-7-3-8-5(4)9-6/h2-3H,6H2,1H3,(H,7,8,9). The van der Waals surface area contributed by atoms with Gasteiger partial charge in [0.15, 0.2) is 15.7 Å². The fourth-order valence-electron chi connectivity index (χ4n) is 0.697. The maximum atomic E-state index is 11.0. The summed E-state index contributed by atoms with van der Waals surface area (Å²) in [5, 5.41) is 0. The zero-order valence-electron chi connectivity index (χ0n) is 6.35. The smallest absolute Gasteiger partial charge is 0.180 e. The lowest BCUT2D eigenvalue weighted by molar-refractivity contribution is 0.601. The van der Waals surface area contributed by atoms with E-state index in [2.05, 4.69) is 15.4 Å². The topological polar surface area (TPSA) is 98.0 Å². The highest BCUT2D eigenvalue weighted by Crippen LogP contribution is 2.14. The Bertz CT molecular complexity index is 375. The van der Waals surface area contributed by atoms with Gasteiger partial charge < -0.3 is 5.43 Å². The first kappa shape index (κ1) is 8.88. The maximum absolute atomic E-state index is 11.0. The molecular weight excluding hydrogens is 180 g/mol. The Kier molecular flexibility index (Phi) is 2.25. The van der Waals surface area contributed by atoms with Crippen LogP contribution in [-0.4, -0.2) is 24.6 Å². The minimum absolute atomic E-state index is 0.00694. The monoisotopic (exact) mass is 188 g/mol. The molecule has 6 nitrogen and oxygen atoms in total. The van der Waals surface area contributed by atoms with Crippen molar-refractivity contribution in [3.8, 4) is 0 Å². The van der Waals surface area contributed by atoms with Crippen LogP contribution in [0, 0.1) is 0 Å². The summed E-state index contributed by atoms with van der Waals surface area (Å²) in [6.45, 7) is 0. The highest BCUT2D eigenvalue weighted by atomic mass is 32.2. The second-order valence-electron chi connectivity index (χ2n) is 2.15. The first-order chi connectivity index (χ1) is 5.55. The summed E-state index contributed by atoms with van der Waals surface area (Å²) in [6.07, 6.45) is 3.47. The largest absolute Gasteiger partial charge is 0.307 e. The van der Waals surface area contributed by atoms with E-state index >= 15 is 0 Å². The van der Waals surface area contributed by atoms with E-state index < -0.39 is 9.84 Å². The summed E-state index contributed by atoms with van der Waals surface area (Å²) < 4.78 is 22.1. The first-order valence-corrected chi connectivity index (χ1v) is 4.91. The van der Waals surface area contributed by atoms with Gasteiger partial charge in [-0.3, -0.25) is 0 Å². The predicted molar refractivity (Wildman–Crippen MR) is 43.0 cm³/mol. The van der Waals surface area contributed by atoms with Crippen molar-refractivity contribution in [2.45, 2.75) is 4.90 Å².